The predicted octanol–water partition coefficient (Wildman–Crippen LogP) is 4.95. The lowest BCUT2D eigenvalue weighted by Crippen LogP contribution is -2.53. The zero-order valence-electron chi connectivity index (χ0n) is 23.9. The van der Waals surface area contributed by atoms with Crippen LogP contribution in [-0.4, -0.2) is 52.6 Å². The molecule has 0 saturated carbocycles. The lowest BCUT2D eigenvalue weighted by Gasteiger charge is -2.33. The number of hydrogen-bond acceptors (Lipinski definition) is 5. The highest BCUT2D eigenvalue weighted by atomic mass is 16.6. The first-order valence-corrected chi connectivity index (χ1v) is 13.1. The number of ether oxygens (including phenoxy) is 1. The van der Waals surface area contributed by atoms with E-state index >= 15 is 0 Å². The highest BCUT2D eigenvalue weighted by Crippen LogP contribution is 2.28. The Hall–Kier alpha value is -3.55. The lowest BCUT2D eigenvalue weighted by molar-refractivity contribution is -0.141. The van der Waals surface area contributed by atoms with Crippen LogP contribution in [0.1, 0.15) is 75.8 Å². The smallest absolute Gasteiger partial charge is 0.408 e. The Balaban J connectivity index is 2.48. The summed E-state index contributed by atoms with van der Waals surface area (Å²) in [7, 11) is 1.59. The second kappa shape index (κ2) is 13.3. The van der Waals surface area contributed by atoms with Gasteiger partial charge in [-0.1, -0.05) is 43.7 Å². The molecule has 8 nitrogen and oxygen atoms in total. The summed E-state index contributed by atoms with van der Waals surface area (Å²) in [6.45, 7) is 13.1. The van der Waals surface area contributed by atoms with E-state index in [4.69, 9.17) is 4.74 Å². The van der Waals surface area contributed by atoms with Crippen LogP contribution in [-0.2, 0) is 20.7 Å². The lowest BCUT2D eigenvalue weighted by atomic mass is 9.93. The summed E-state index contributed by atoms with van der Waals surface area (Å²) in [5.74, 6) is -0.614. The first-order valence-electron chi connectivity index (χ1n) is 13.1. The monoisotopic (exact) mass is 525 g/mol. The minimum Gasteiger partial charge on any atom is -0.508 e. The second-order valence-electron chi connectivity index (χ2n) is 10.9. The van der Waals surface area contributed by atoms with Gasteiger partial charge in [0.2, 0.25) is 11.8 Å². The van der Waals surface area contributed by atoms with E-state index in [2.05, 4.69) is 17.6 Å². The molecule has 0 fully saturated rings. The Labute approximate surface area is 226 Å². The molecule has 3 N–H and O–H groups in total. The van der Waals surface area contributed by atoms with E-state index in [9.17, 15) is 19.5 Å². The molecular formula is C30H43N3O5. The Morgan fingerprint density at radius 1 is 1.00 bits per heavy atom. The summed E-state index contributed by atoms with van der Waals surface area (Å²) in [6.07, 6.45) is 1.15. The van der Waals surface area contributed by atoms with Crippen LogP contribution in [0, 0.1) is 13.8 Å². The average molecular weight is 526 g/mol. The molecule has 0 spiro atoms. The first kappa shape index (κ1) is 30.7. The number of amides is 3. The van der Waals surface area contributed by atoms with Gasteiger partial charge < -0.3 is 25.4 Å². The summed E-state index contributed by atoms with van der Waals surface area (Å²) in [6, 6.07) is 10.2. The van der Waals surface area contributed by atoms with Crippen molar-refractivity contribution >= 4 is 17.9 Å². The number of phenolic OH excluding ortho intramolecular Hbond substituents is 1. The van der Waals surface area contributed by atoms with E-state index in [1.54, 1.807) is 40.0 Å². The number of nitrogens with zero attached hydrogens (tertiary/aromatic N) is 1. The molecule has 3 unspecified atom stereocenters. The molecule has 208 valence electrons. The van der Waals surface area contributed by atoms with Crippen molar-refractivity contribution in [3.05, 3.63) is 64.7 Å². The van der Waals surface area contributed by atoms with Crippen molar-refractivity contribution < 1.29 is 24.2 Å². The number of rotatable bonds is 10. The molecule has 0 aliphatic rings. The highest BCUT2D eigenvalue weighted by molar-refractivity contribution is 5.92. The fraction of sp³-hybridized carbons (Fsp3) is 0.500. The van der Waals surface area contributed by atoms with Crippen molar-refractivity contribution in [2.75, 3.05) is 7.05 Å². The van der Waals surface area contributed by atoms with Crippen molar-refractivity contribution in [1.82, 2.24) is 15.5 Å². The van der Waals surface area contributed by atoms with Crippen LogP contribution in [0.25, 0.3) is 0 Å². The molecular weight excluding hydrogens is 482 g/mol. The Kier molecular flexibility index (Phi) is 10.7. The predicted molar refractivity (Wildman–Crippen MR) is 149 cm³/mol. The third kappa shape index (κ3) is 8.78. The summed E-state index contributed by atoms with van der Waals surface area (Å²) in [5.41, 5.74) is 2.52. The van der Waals surface area contributed by atoms with Gasteiger partial charge in [-0.3, -0.25) is 9.59 Å². The number of aryl methyl sites for hydroxylation is 2. The van der Waals surface area contributed by atoms with Gasteiger partial charge in [0.1, 0.15) is 23.4 Å². The summed E-state index contributed by atoms with van der Waals surface area (Å²) >= 11 is 0. The first-order chi connectivity index (χ1) is 17.7. The highest BCUT2D eigenvalue weighted by Gasteiger charge is 2.36. The summed E-state index contributed by atoms with van der Waals surface area (Å²) in [4.78, 5) is 41.8. The van der Waals surface area contributed by atoms with Gasteiger partial charge >= 0.3 is 6.09 Å². The van der Waals surface area contributed by atoms with Gasteiger partial charge in [-0.05, 0) is 82.3 Å². The normalized spacial score (nSPS) is 13.7. The minimum absolute atomic E-state index is 0.0597. The van der Waals surface area contributed by atoms with Gasteiger partial charge in [0.05, 0.1) is 0 Å². The molecule has 3 amide bonds. The summed E-state index contributed by atoms with van der Waals surface area (Å²) in [5, 5.41) is 15.4. The summed E-state index contributed by atoms with van der Waals surface area (Å²) < 4.78 is 5.43. The van der Waals surface area contributed by atoms with Crippen LogP contribution >= 0.6 is 0 Å². The van der Waals surface area contributed by atoms with E-state index in [1.807, 2.05) is 39.0 Å². The number of carbonyl (C=O) groups is 3. The molecule has 2 rings (SSSR count). The van der Waals surface area contributed by atoms with Crippen LogP contribution in [0.2, 0.25) is 0 Å². The number of alkyl carbamates (subject to hydrolysis) is 1. The molecule has 38 heavy (non-hydrogen) atoms. The number of nitrogens with one attached hydrogen (secondary N) is 2. The Bertz CT molecular complexity index is 1090. The maximum Gasteiger partial charge on any atom is 0.408 e. The van der Waals surface area contributed by atoms with E-state index in [-0.39, 0.29) is 24.1 Å². The molecule has 0 aliphatic carbocycles. The fourth-order valence-electron chi connectivity index (χ4n) is 4.48. The van der Waals surface area contributed by atoms with Gasteiger partial charge in [0, 0.05) is 19.5 Å². The van der Waals surface area contributed by atoms with Crippen molar-refractivity contribution in [2.45, 2.75) is 91.5 Å². The fourth-order valence-corrected chi connectivity index (χ4v) is 4.48. The number of carbonyl (C=O) groups excluding carboxylic acids is 3. The molecule has 0 saturated heterocycles. The number of benzene rings is 2. The van der Waals surface area contributed by atoms with Crippen molar-refractivity contribution in [3.63, 3.8) is 0 Å². The van der Waals surface area contributed by atoms with Crippen LogP contribution in [0.4, 0.5) is 4.79 Å². The van der Waals surface area contributed by atoms with E-state index in [0.29, 0.717) is 0 Å². The number of hydrogen-bond donors (Lipinski definition) is 3. The Morgan fingerprint density at radius 3 is 2.11 bits per heavy atom. The van der Waals surface area contributed by atoms with E-state index < -0.39 is 29.7 Å². The SMILES string of the molecule is CCCC(C)NC(=O)C(c1c(C)cccc1C)N(C)C(=O)C(Cc1ccc(O)cc1)NC(=O)OC(C)(C)C. The standard InChI is InChI=1S/C30H43N3O5/c1-9-11-21(4)31-27(35)26(25-19(2)12-10-13-20(25)3)33(8)28(36)24(32-29(37)38-30(5,6)7)18-22-14-16-23(34)17-15-22/h10,12-17,21,24,26,34H,9,11,18H2,1-8H3,(H,31,35)(H,32,37). The van der Waals surface area contributed by atoms with Crippen LogP contribution in [0.15, 0.2) is 42.5 Å². The largest absolute Gasteiger partial charge is 0.508 e. The number of aromatic hydroxyl groups is 1. The molecule has 0 radical (unpaired) electrons. The second-order valence-corrected chi connectivity index (χ2v) is 10.9. The van der Waals surface area contributed by atoms with Crippen LogP contribution in [0.3, 0.4) is 0 Å². The van der Waals surface area contributed by atoms with E-state index in [1.165, 1.54) is 17.0 Å². The molecule has 0 heterocycles. The molecule has 8 heteroatoms. The molecule has 0 aromatic heterocycles. The zero-order chi connectivity index (χ0) is 28.6. The minimum atomic E-state index is -1.01. The molecule has 0 aliphatic heterocycles. The van der Waals surface area contributed by atoms with Gasteiger partial charge in [0.25, 0.3) is 0 Å². The van der Waals surface area contributed by atoms with Crippen molar-refractivity contribution in [1.29, 1.82) is 0 Å². The van der Waals surface area contributed by atoms with Gasteiger partial charge in [-0.25, -0.2) is 4.79 Å². The van der Waals surface area contributed by atoms with Gasteiger partial charge in [-0.2, -0.15) is 0 Å². The molecule has 0 bridgehead atoms. The Morgan fingerprint density at radius 2 is 1.58 bits per heavy atom. The topological polar surface area (TPSA) is 108 Å². The molecule has 3 atom stereocenters. The third-order valence-corrected chi connectivity index (χ3v) is 6.27. The van der Waals surface area contributed by atoms with Crippen LogP contribution in [0.5, 0.6) is 5.75 Å². The maximum absolute atomic E-state index is 14.0. The number of phenols is 1. The average Bonchev–Trinajstić information content (AvgIpc) is 2.80. The van der Waals surface area contributed by atoms with Gasteiger partial charge in [0.15, 0.2) is 0 Å². The van der Waals surface area contributed by atoms with Crippen LogP contribution < -0.4 is 10.6 Å². The maximum atomic E-state index is 14.0. The zero-order valence-corrected chi connectivity index (χ0v) is 23.9. The third-order valence-electron chi connectivity index (χ3n) is 6.27. The van der Waals surface area contributed by atoms with E-state index in [0.717, 1.165) is 35.1 Å². The van der Waals surface area contributed by atoms with Gasteiger partial charge in [-0.15, -0.1) is 0 Å². The van der Waals surface area contributed by atoms with Crippen molar-refractivity contribution in [3.8, 4) is 5.75 Å². The molecule has 2 aromatic carbocycles. The molecule has 2 aromatic rings. The quantitative estimate of drug-likeness (QED) is 0.407. The van der Waals surface area contributed by atoms with Crippen molar-refractivity contribution in [2.24, 2.45) is 0 Å². The number of likely N-dealkylation sites (N-methyl/N-ethyl adjacent to an activating group) is 1.